The van der Waals surface area contributed by atoms with Gasteiger partial charge in [0.05, 0.1) is 23.8 Å². The summed E-state index contributed by atoms with van der Waals surface area (Å²) in [6, 6.07) is 6.09. The third-order valence-electron chi connectivity index (χ3n) is 5.26. The zero-order valence-electron chi connectivity index (χ0n) is 18.4. The van der Waals surface area contributed by atoms with Crippen LogP contribution in [0.4, 0.5) is 21.7 Å². The molecular weight excluding hydrogens is 459 g/mol. The number of amides is 1. The van der Waals surface area contributed by atoms with Gasteiger partial charge in [-0.2, -0.15) is 0 Å². The predicted molar refractivity (Wildman–Crippen MR) is 132 cm³/mol. The highest BCUT2D eigenvalue weighted by Crippen LogP contribution is 2.28. The van der Waals surface area contributed by atoms with Gasteiger partial charge in [-0.15, -0.1) is 0 Å². The Morgan fingerprint density at radius 2 is 2.06 bits per heavy atom. The van der Waals surface area contributed by atoms with Crippen molar-refractivity contribution in [3.63, 3.8) is 0 Å². The standard InChI is InChI=1S/C24H24ClFN6O2/c1-2-21(33)30-23-16(5-3-4-8-32-9-11-34-12-10-32)13-20-22(31-23)24(28-15-27-20)29-17-6-7-19(26)18(25)14-17/h2-3,5-7,13-15H,1,4,8-12H2,(H,27,28,29)(H,30,31,33). The first-order chi connectivity index (χ1) is 16.5. The molecule has 1 aliphatic heterocycles. The minimum atomic E-state index is -0.516. The van der Waals surface area contributed by atoms with Gasteiger partial charge in [-0.25, -0.2) is 19.3 Å². The number of hydrogen-bond acceptors (Lipinski definition) is 7. The van der Waals surface area contributed by atoms with Crippen LogP contribution >= 0.6 is 11.6 Å². The molecule has 176 valence electrons. The van der Waals surface area contributed by atoms with E-state index < -0.39 is 5.82 Å². The normalized spacial score (nSPS) is 14.4. The van der Waals surface area contributed by atoms with Gasteiger partial charge in [-0.3, -0.25) is 9.69 Å². The highest BCUT2D eigenvalue weighted by atomic mass is 35.5. The largest absolute Gasteiger partial charge is 0.379 e. The average Bonchev–Trinajstić information content (AvgIpc) is 2.85. The number of morpholine rings is 1. The summed E-state index contributed by atoms with van der Waals surface area (Å²) in [7, 11) is 0. The number of nitrogens with zero attached hydrogens (tertiary/aromatic N) is 4. The Kier molecular flexibility index (Phi) is 7.79. The van der Waals surface area contributed by atoms with E-state index in [-0.39, 0.29) is 10.9 Å². The predicted octanol–water partition coefficient (Wildman–Crippen LogP) is 4.42. The Hall–Kier alpha value is -3.40. The van der Waals surface area contributed by atoms with E-state index >= 15 is 0 Å². The summed E-state index contributed by atoms with van der Waals surface area (Å²) in [4.78, 5) is 27.6. The van der Waals surface area contributed by atoms with Crippen LogP contribution in [-0.4, -0.2) is 58.6 Å². The van der Waals surface area contributed by atoms with Crippen LogP contribution in [-0.2, 0) is 9.53 Å². The molecule has 10 heteroatoms. The molecule has 3 heterocycles. The van der Waals surface area contributed by atoms with Crippen molar-refractivity contribution >= 4 is 51.9 Å². The number of rotatable bonds is 8. The molecule has 1 aliphatic rings. The number of halogens is 2. The fourth-order valence-corrected chi connectivity index (χ4v) is 3.67. The number of ether oxygens (including phenoxy) is 1. The van der Waals surface area contributed by atoms with E-state index in [0.29, 0.717) is 33.9 Å². The maximum Gasteiger partial charge on any atom is 0.248 e. The number of hydrogen-bond donors (Lipinski definition) is 2. The van der Waals surface area contributed by atoms with Gasteiger partial charge >= 0.3 is 0 Å². The molecule has 8 nitrogen and oxygen atoms in total. The highest BCUT2D eigenvalue weighted by Gasteiger charge is 2.13. The maximum atomic E-state index is 13.5. The summed E-state index contributed by atoms with van der Waals surface area (Å²) in [5, 5.41) is 5.82. The van der Waals surface area contributed by atoms with Crippen LogP contribution in [0.15, 0.2) is 49.3 Å². The fourth-order valence-electron chi connectivity index (χ4n) is 3.49. The summed E-state index contributed by atoms with van der Waals surface area (Å²) < 4.78 is 18.9. The maximum absolute atomic E-state index is 13.5. The molecule has 4 rings (SSSR count). The summed E-state index contributed by atoms with van der Waals surface area (Å²) in [6.45, 7) is 7.81. The van der Waals surface area contributed by atoms with Crippen molar-refractivity contribution < 1.29 is 13.9 Å². The minimum Gasteiger partial charge on any atom is -0.379 e. The second-order valence-electron chi connectivity index (χ2n) is 7.61. The lowest BCUT2D eigenvalue weighted by atomic mass is 10.2. The third-order valence-corrected chi connectivity index (χ3v) is 5.55. The minimum absolute atomic E-state index is 0.0141. The Morgan fingerprint density at radius 1 is 1.24 bits per heavy atom. The molecule has 2 aromatic heterocycles. The average molecular weight is 483 g/mol. The number of fused-ring (bicyclic) bond motifs is 1. The van der Waals surface area contributed by atoms with Crippen LogP contribution in [0.1, 0.15) is 12.0 Å². The molecule has 0 aliphatic carbocycles. The van der Waals surface area contributed by atoms with E-state index in [1.807, 2.05) is 18.2 Å². The first-order valence-electron chi connectivity index (χ1n) is 10.8. The van der Waals surface area contributed by atoms with Crippen LogP contribution in [0.2, 0.25) is 5.02 Å². The van der Waals surface area contributed by atoms with Gasteiger partial charge in [0.15, 0.2) is 5.82 Å². The van der Waals surface area contributed by atoms with Gasteiger partial charge in [-0.05, 0) is 36.8 Å². The molecule has 0 spiro atoms. The smallest absolute Gasteiger partial charge is 0.248 e. The number of pyridine rings is 1. The Morgan fingerprint density at radius 3 is 2.82 bits per heavy atom. The molecule has 1 aromatic carbocycles. The zero-order valence-corrected chi connectivity index (χ0v) is 19.2. The van der Waals surface area contributed by atoms with Gasteiger partial charge in [0.25, 0.3) is 0 Å². The quantitative estimate of drug-likeness (QED) is 0.459. The van der Waals surface area contributed by atoms with Gasteiger partial charge in [0.1, 0.15) is 23.5 Å². The summed E-state index contributed by atoms with van der Waals surface area (Å²) in [5.41, 5.74) is 2.26. The number of carbonyl (C=O) groups excluding carboxylic acids is 1. The molecule has 0 bridgehead atoms. The van der Waals surface area contributed by atoms with Crippen LogP contribution < -0.4 is 10.6 Å². The van der Waals surface area contributed by atoms with E-state index in [1.165, 1.54) is 24.5 Å². The first kappa shape index (κ1) is 23.7. The van der Waals surface area contributed by atoms with Gasteiger partial charge in [0.2, 0.25) is 5.91 Å². The van der Waals surface area contributed by atoms with Crippen molar-refractivity contribution in [1.29, 1.82) is 0 Å². The lowest BCUT2D eigenvalue weighted by Gasteiger charge is -2.25. The van der Waals surface area contributed by atoms with Crippen LogP contribution in [0.25, 0.3) is 17.1 Å². The zero-order chi connectivity index (χ0) is 23.9. The van der Waals surface area contributed by atoms with Crippen molar-refractivity contribution in [3.8, 4) is 0 Å². The van der Waals surface area contributed by atoms with Gasteiger partial charge in [0, 0.05) is 30.9 Å². The summed E-state index contributed by atoms with van der Waals surface area (Å²) >= 11 is 5.89. The molecule has 34 heavy (non-hydrogen) atoms. The van der Waals surface area contributed by atoms with Crippen LogP contribution in [0, 0.1) is 5.82 Å². The second kappa shape index (κ2) is 11.1. The Balaban J connectivity index is 1.61. The molecule has 0 atom stereocenters. The molecule has 0 unspecified atom stereocenters. The van der Waals surface area contributed by atoms with Crippen LogP contribution in [0.3, 0.4) is 0 Å². The van der Waals surface area contributed by atoms with Crippen molar-refractivity contribution in [2.24, 2.45) is 0 Å². The summed E-state index contributed by atoms with van der Waals surface area (Å²) in [6.07, 6.45) is 7.39. The number of carbonyl (C=O) groups is 1. The topological polar surface area (TPSA) is 92.3 Å². The molecule has 0 saturated carbocycles. The Labute approximate surface area is 201 Å². The molecule has 1 saturated heterocycles. The number of benzene rings is 1. The SMILES string of the molecule is C=CC(=O)Nc1nc2c(Nc3ccc(F)c(Cl)c3)ncnc2cc1C=CCCN1CCOCC1. The molecule has 1 amide bonds. The van der Waals surface area contributed by atoms with Crippen LogP contribution in [0.5, 0.6) is 0 Å². The van der Waals surface area contributed by atoms with Crippen molar-refractivity contribution in [3.05, 3.63) is 65.7 Å². The summed E-state index contributed by atoms with van der Waals surface area (Å²) in [5.74, 6) is -0.150. The number of anilines is 3. The first-order valence-corrected chi connectivity index (χ1v) is 11.2. The van der Waals surface area contributed by atoms with E-state index in [4.69, 9.17) is 16.3 Å². The van der Waals surface area contributed by atoms with Crippen molar-refractivity contribution in [2.45, 2.75) is 6.42 Å². The van der Waals surface area contributed by atoms with E-state index in [0.717, 1.165) is 39.3 Å². The second-order valence-corrected chi connectivity index (χ2v) is 8.02. The van der Waals surface area contributed by atoms with Gasteiger partial charge < -0.3 is 15.4 Å². The number of nitrogens with one attached hydrogen (secondary N) is 2. The monoisotopic (exact) mass is 482 g/mol. The highest BCUT2D eigenvalue weighted by molar-refractivity contribution is 6.31. The third kappa shape index (κ3) is 5.93. The lowest BCUT2D eigenvalue weighted by Crippen LogP contribution is -2.36. The van der Waals surface area contributed by atoms with E-state index in [2.05, 4.69) is 37.1 Å². The van der Waals surface area contributed by atoms with Crippen molar-refractivity contribution in [1.82, 2.24) is 19.9 Å². The lowest BCUT2D eigenvalue weighted by molar-refractivity contribution is -0.111. The van der Waals surface area contributed by atoms with E-state index in [1.54, 1.807) is 6.07 Å². The number of aromatic nitrogens is 3. The van der Waals surface area contributed by atoms with Crippen molar-refractivity contribution in [2.75, 3.05) is 43.5 Å². The van der Waals surface area contributed by atoms with Gasteiger partial charge in [-0.1, -0.05) is 30.3 Å². The molecule has 2 N–H and O–H groups in total. The fraction of sp³-hybridized carbons (Fsp3) is 0.250. The molecule has 0 radical (unpaired) electrons. The Bertz CT molecular complexity index is 1230. The molecule has 1 fully saturated rings. The molecular formula is C24H24ClFN6O2. The molecule has 3 aromatic rings. The van der Waals surface area contributed by atoms with E-state index in [9.17, 15) is 9.18 Å².